The van der Waals surface area contributed by atoms with Crippen molar-refractivity contribution in [3.63, 3.8) is 0 Å². The number of amides is 1. The molecule has 0 saturated heterocycles. The lowest BCUT2D eigenvalue weighted by Crippen LogP contribution is -2.51. The van der Waals surface area contributed by atoms with Crippen molar-refractivity contribution in [3.8, 4) is 22.6 Å². The summed E-state index contributed by atoms with van der Waals surface area (Å²) in [5.74, 6) is 1.35. The number of carbonyl (C=O) groups excluding carboxylic acids is 1. The number of benzene rings is 1. The number of aromatic nitrogens is 4. The van der Waals surface area contributed by atoms with E-state index in [4.69, 9.17) is 4.98 Å². The molecule has 5 rings (SSSR count). The molecule has 1 aromatic carbocycles. The topological polar surface area (TPSA) is 83.9 Å². The van der Waals surface area contributed by atoms with Crippen LogP contribution in [-0.2, 0) is 4.79 Å². The average molecular weight is 386 g/mol. The van der Waals surface area contributed by atoms with E-state index in [0.717, 1.165) is 35.5 Å². The van der Waals surface area contributed by atoms with Gasteiger partial charge in [0.1, 0.15) is 18.1 Å². The van der Waals surface area contributed by atoms with Crippen molar-refractivity contribution in [2.45, 2.75) is 44.7 Å². The van der Waals surface area contributed by atoms with E-state index in [0.29, 0.717) is 17.6 Å². The Labute approximate surface area is 169 Å². The van der Waals surface area contributed by atoms with Crippen LogP contribution in [0.4, 0.5) is 11.5 Å². The largest absolute Gasteiger partial charge is 0.340 e. The molecule has 1 saturated carbocycles. The van der Waals surface area contributed by atoms with Gasteiger partial charge in [0, 0.05) is 17.8 Å². The minimum atomic E-state index is -0.256. The third-order valence-electron chi connectivity index (χ3n) is 5.79. The molecule has 3 heterocycles. The highest BCUT2D eigenvalue weighted by Gasteiger charge is 2.37. The van der Waals surface area contributed by atoms with Crippen molar-refractivity contribution in [1.82, 2.24) is 19.9 Å². The maximum Gasteiger partial charge on any atom is 0.246 e. The van der Waals surface area contributed by atoms with Crippen LogP contribution in [-0.4, -0.2) is 37.9 Å². The summed E-state index contributed by atoms with van der Waals surface area (Å²) in [6.45, 7) is 1.94. The monoisotopic (exact) mass is 386 g/mol. The maximum atomic E-state index is 12.5. The lowest BCUT2D eigenvalue weighted by Gasteiger charge is -2.39. The van der Waals surface area contributed by atoms with Crippen LogP contribution in [0.5, 0.6) is 0 Å². The summed E-state index contributed by atoms with van der Waals surface area (Å²) in [6.07, 6.45) is 9.53. The Balaban J connectivity index is 1.62. The van der Waals surface area contributed by atoms with E-state index in [2.05, 4.69) is 25.2 Å². The summed E-state index contributed by atoms with van der Waals surface area (Å²) < 4.78 is 0. The van der Waals surface area contributed by atoms with Crippen LogP contribution in [0.2, 0.25) is 0 Å². The highest BCUT2D eigenvalue weighted by Crippen LogP contribution is 2.38. The number of fused-ring (bicyclic) bond motifs is 1. The van der Waals surface area contributed by atoms with Crippen LogP contribution in [0.3, 0.4) is 0 Å². The van der Waals surface area contributed by atoms with E-state index in [1.807, 2.05) is 37.3 Å². The van der Waals surface area contributed by atoms with Crippen LogP contribution >= 0.6 is 0 Å². The van der Waals surface area contributed by atoms with E-state index in [9.17, 15) is 4.79 Å². The Bertz CT molecular complexity index is 1050. The van der Waals surface area contributed by atoms with Crippen LogP contribution < -0.4 is 10.2 Å². The van der Waals surface area contributed by atoms with Crippen molar-refractivity contribution in [2.75, 3.05) is 10.2 Å². The lowest BCUT2D eigenvalue weighted by molar-refractivity contribution is -0.117. The molecule has 0 radical (unpaired) electrons. The van der Waals surface area contributed by atoms with Crippen molar-refractivity contribution >= 4 is 17.4 Å². The van der Waals surface area contributed by atoms with Crippen LogP contribution in [0.1, 0.15) is 32.6 Å². The minimum Gasteiger partial charge on any atom is -0.340 e. The first-order valence-electron chi connectivity index (χ1n) is 10.0. The normalized spacial score (nSPS) is 19.1. The summed E-state index contributed by atoms with van der Waals surface area (Å²) >= 11 is 0. The highest BCUT2D eigenvalue weighted by molar-refractivity contribution is 6.02. The molecule has 0 bridgehead atoms. The molecule has 2 aliphatic rings. The van der Waals surface area contributed by atoms with Gasteiger partial charge in [-0.15, -0.1) is 0 Å². The first kappa shape index (κ1) is 17.7. The van der Waals surface area contributed by atoms with Gasteiger partial charge in [-0.3, -0.25) is 4.79 Å². The summed E-state index contributed by atoms with van der Waals surface area (Å²) in [5.41, 5.74) is 3.22. The van der Waals surface area contributed by atoms with E-state index in [1.54, 1.807) is 12.4 Å². The smallest absolute Gasteiger partial charge is 0.246 e. The molecule has 3 aromatic rings. The van der Waals surface area contributed by atoms with Crippen LogP contribution in [0, 0.1) is 0 Å². The first-order valence-corrected chi connectivity index (χ1v) is 10.0. The van der Waals surface area contributed by atoms with Gasteiger partial charge in [-0.2, -0.15) is 0 Å². The van der Waals surface area contributed by atoms with Crippen molar-refractivity contribution in [1.29, 1.82) is 0 Å². The predicted octanol–water partition coefficient (Wildman–Crippen LogP) is 3.69. The Hall–Kier alpha value is -3.35. The number of nitrogens with one attached hydrogen (secondary N) is 1. The van der Waals surface area contributed by atoms with E-state index in [-0.39, 0.29) is 11.9 Å². The molecule has 1 aliphatic carbocycles. The van der Waals surface area contributed by atoms with Gasteiger partial charge in [0.05, 0.1) is 17.5 Å². The highest BCUT2D eigenvalue weighted by atomic mass is 16.2. The third-order valence-corrected chi connectivity index (χ3v) is 5.79. The molecule has 1 N–H and O–H groups in total. The summed E-state index contributed by atoms with van der Waals surface area (Å²) in [6, 6.07) is 10.0. The number of anilines is 2. The van der Waals surface area contributed by atoms with Gasteiger partial charge in [-0.25, -0.2) is 19.9 Å². The van der Waals surface area contributed by atoms with Gasteiger partial charge in [-0.1, -0.05) is 43.2 Å². The fourth-order valence-electron chi connectivity index (χ4n) is 4.33. The van der Waals surface area contributed by atoms with E-state index < -0.39 is 0 Å². The van der Waals surface area contributed by atoms with Gasteiger partial charge >= 0.3 is 0 Å². The zero-order valence-electron chi connectivity index (χ0n) is 16.2. The maximum absolute atomic E-state index is 12.5. The Morgan fingerprint density at radius 2 is 1.86 bits per heavy atom. The van der Waals surface area contributed by atoms with Crippen LogP contribution in [0.25, 0.3) is 22.6 Å². The molecule has 1 aliphatic heterocycles. The Kier molecular flexibility index (Phi) is 4.42. The second-order valence-corrected chi connectivity index (χ2v) is 7.59. The van der Waals surface area contributed by atoms with Gasteiger partial charge in [0.15, 0.2) is 11.6 Å². The summed E-state index contributed by atoms with van der Waals surface area (Å²) in [7, 11) is 0. The molecule has 0 spiro atoms. The molecule has 29 heavy (non-hydrogen) atoms. The predicted molar refractivity (Wildman–Crippen MR) is 111 cm³/mol. The third kappa shape index (κ3) is 3.12. The van der Waals surface area contributed by atoms with Gasteiger partial charge < -0.3 is 10.2 Å². The van der Waals surface area contributed by atoms with Crippen LogP contribution in [0.15, 0.2) is 49.1 Å². The zero-order chi connectivity index (χ0) is 19.8. The molecule has 1 atom stereocenters. The SMILES string of the molecule is C[C@@H]1C(=O)Nc2cnc(-c3cncnc3-c3ccccc3)nc2N1C1CCCC1. The molecule has 146 valence electrons. The Morgan fingerprint density at radius 3 is 2.66 bits per heavy atom. The number of nitrogens with zero attached hydrogens (tertiary/aromatic N) is 5. The molecule has 1 fully saturated rings. The summed E-state index contributed by atoms with van der Waals surface area (Å²) in [4.78, 5) is 32.8. The fourth-order valence-corrected chi connectivity index (χ4v) is 4.33. The zero-order valence-corrected chi connectivity index (χ0v) is 16.2. The standard InChI is InChI=1S/C22H22N6O/c1-14-22(29)26-18-12-24-20(27-21(18)28(14)16-9-5-6-10-16)17-11-23-13-25-19(17)15-7-3-2-4-8-15/h2-4,7-8,11-14,16H,5-6,9-10H2,1H3,(H,26,29)/t14-/m1/s1. The van der Waals surface area contributed by atoms with Gasteiger partial charge in [0.2, 0.25) is 5.91 Å². The second-order valence-electron chi connectivity index (χ2n) is 7.59. The molecular weight excluding hydrogens is 364 g/mol. The Morgan fingerprint density at radius 1 is 1.07 bits per heavy atom. The molecule has 0 unspecified atom stereocenters. The first-order chi connectivity index (χ1) is 14.2. The van der Waals surface area contributed by atoms with E-state index in [1.165, 1.54) is 19.2 Å². The number of hydrogen-bond acceptors (Lipinski definition) is 6. The lowest BCUT2D eigenvalue weighted by atomic mass is 10.1. The second kappa shape index (κ2) is 7.24. The minimum absolute atomic E-state index is 0.00577. The van der Waals surface area contributed by atoms with Gasteiger partial charge in [-0.05, 0) is 19.8 Å². The molecule has 2 aromatic heterocycles. The average Bonchev–Trinajstić information content (AvgIpc) is 3.29. The summed E-state index contributed by atoms with van der Waals surface area (Å²) in [5, 5.41) is 2.95. The van der Waals surface area contributed by atoms with Crippen molar-refractivity contribution < 1.29 is 4.79 Å². The van der Waals surface area contributed by atoms with Crippen molar-refractivity contribution in [3.05, 3.63) is 49.1 Å². The van der Waals surface area contributed by atoms with Gasteiger partial charge in [0.25, 0.3) is 0 Å². The quantitative estimate of drug-likeness (QED) is 0.739. The number of carbonyl (C=O) groups is 1. The number of hydrogen-bond donors (Lipinski definition) is 1. The molecule has 1 amide bonds. The molecule has 7 heteroatoms. The van der Waals surface area contributed by atoms with E-state index >= 15 is 0 Å². The molecule has 7 nitrogen and oxygen atoms in total. The van der Waals surface area contributed by atoms with Crippen molar-refractivity contribution in [2.24, 2.45) is 0 Å². The molecular formula is C22H22N6O. The fraction of sp³-hybridized carbons (Fsp3) is 0.318. The number of rotatable bonds is 3.